The zero-order valence-electron chi connectivity index (χ0n) is 26.8. The second kappa shape index (κ2) is 8.72. The van der Waals surface area contributed by atoms with Crippen molar-refractivity contribution < 1.29 is 12.6 Å². The lowest BCUT2D eigenvalue weighted by atomic mass is 9.85. The van der Waals surface area contributed by atoms with Crippen molar-refractivity contribution in [3.63, 3.8) is 0 Å². The molecule has 0 unspecified atom stereocenters. The second-order valence-electron chi connectivity index (χ2n) is 9.58. The van der Waals surface area contributed by atoms with E-state index in [2.05, 4.69) is 12.1 Å². The van der Waals surface area contributed by atoms with Crippen molar-refractivity contribution in [2.75, 3.05) is 0 Å². The fourth-order valence-electron chi connectivity index (χ4n) is 5.70. The minimum absolute atomic E-state index is 0.0351. The maximum atomic E-state index is 9.29. The van der Waals surface area contributed by atoms with E-state index in [4.69, 9.17) is 9.90 Å². The number of rotatable bonds is 3. The second-order valence-corrected chi connectivity index (χ2v) is 9.58. The van der Waals surface area contributed by atoms with Gasteiger partial charge in [0.25, 0.3) is 0 Å². The first-order valence-corrected chi connectivity index (χ1v) is 12.9. The smallest absolute Gasteiger partial charge is 0.136 e. The first kappa shape index (κ1) is 16.7. The molecule has 0 fully saturated rings. The minimum Gasteiger partial charge on any atom is -0.456 e. The molecule has 0 atom stereocenters. The van der Waals surface area contributed by atoms with E-state index in [0.717, 1.165) is 32.7 Å². The van der Waals surface area contributed by atoms with Gasteiger partial charge in [0, 0.05) is 10.8 Å². The molecule has 0 amide bonds. The summed E-state index contributed by atoms with van der Waals surface area (Å²) in [6.45, 7) is 0. The third-order valence-electron chi connectivity index (χ3n) is 7.38. The predicted molar refractivity (Wildman–Crippen MR) is 165 cm³/mol. The fraction of sp³-hybridized carbons (Fsp3) is 0. The van der Waals surface area contributed by atoms with Crippen molar-refractivity contribution in [1.82, 2.24) is 0 Å². The normalized spacial score (nSPS) is 13.7. The standard InChI is InChI=1S/C38H24O/c1-3-12-25(13-4-1)27-22-23-32-35(24-27)39-34-21-11-20-33(38(32)34)37-30-18-9-7-16-28(30)36(26-14-5-2-6-15-26)29-17-8-10-19-31(29)37/h1-24H/i11D,20D,21D,22D,23D,24D. The summed E-state index contributed by atoms with van der Waals surface area (Å²) in [4.78, 5) is 0. The molecule has 8 aromatic rings. The molecule has 1 heteroatoms. The molecule has 0 aliphatic heterocycles. The fourth-order valence-corrected chi connectivity index (χ4v) is 5.70. The molecule has 0 aliphatic carbocycles. The van der Waals surface area contributed by atoms with Crippen LogP contribution in [0.5, 0.6) is 0 Å². The van der Waals surface area contributed by atoms with Gasteiger partial charge in [0.1, 0.15) is 11.2 Å². The van der Waals surface area contributed by atoms with Crippen molar-refractivity contribution in [2.24, 2.45) is 0 Å². The molecule has 1 aromatic heterocycles. The largest absolute Gasteiger partial charge is 0.456 e. The van der Waals surface area contributed by atoms with Gasteiger partial charge >= 0.3 is 0 Å². The van der Waals surface area contributed by atoms with Crippen molar-refractivity contribution in [3.8, 4) is 33.4 Å². The lowest BCUT2D eigenvalue weighted by Gasteiger charge is -2.18. The maximum absolute atomic E-state index is 9.29. The molecule has 0 N–H and O–H groups in total. The Morgan fingerprint density at radius 1 is 0.436 bits per heavy atom. The van der Waals surface area contributed by atoms with Crippen LogP contribution in [0.25, 0.3) is 76.9 Å². The molecule has 39 heavy (non-hydrogen) atoms. The molecule has 1 heterocycles. The van der Waals surface area contributed by atoms with Crippen LogP contribution in [0.4, 0.5) is 0 Å². The Balaban J connectivity index is 1.60. The molecule has 0 radical (unpaired) electrons. The summed E-state index contributed by atoms with van der Waals surface area (Å²) in [5.74, 6) is 0. The summed E-state index contributed by atoms with van der Waals surface area (Å²) in [5.41, 5.74) is 4.12. The average Bonchev–Trinajstić information content (AvgIpc) is 3.48. The molecular formula is C38H24O. The Morgan fingerprint density at radius 3 is 1.64 bits per heavy atom. The van der Waals surface area contributed by atoms with E-state index in [1.165, 1.54) is 0 Å². The summed E-state index contributed by atoms with van der Waals surface area (Å²) in [6.07, 6.45) is 0. The van der Waals surface area contributed by atoms with Gasteiger partial charge in [-0.3, -0.25) is 0 Å². The van der Waals surface area contributed by atoms with Crippen LogP contribution < -0.4 is 0 Å². The molecule has 0 saturated heterocycles. The molecule has 182 valence electrons. The van der Waals surface area contributed by atoms with Crippen molar-refractivity contribution >= 4 is 43.5 Å². The van der Waals surface area contributed by atoms with Crippen LogP contribution in [0.2, 0.25) is 0 Å². The average molecular weight is 503 g/mol. The van der Waals surface area contributed by atoms with Gasteiger partial charge in [-0.1, -0.05) is 127 Å². The number of hydrogen-bond donors (Lipinski definition) is 0. The predicted octanol–water partition coefficient (Wildman–Crippen LogP) is 10.9. The molecule has 7 aromatic carbocycles. The summed E-state index contributed by atoms with van der Waals surface area (Å²) in [7, 11) is 0. The number of benzene rings is 7. The maximum Gasteiger partial charge on any atom is 0.136 e. The van der Waals surface area contributed by atoms with Crippen LogP contribution in [0.3, 0.4) is 0 Å². The summed E-state index contributed by atoms with van der Waals surface area (Å²) in [5, 5.41) is 4.13. The number of fused-ring (bicyclic) bond motifs is 5. The van der Waals surface area contributed by atoms with Crippen molar-refractivity contribution in [3.05, 3.63) is 145 Å². The monoisotopic (exact) mass is 502 g/mol. The van der Waals surface area contributed by atoms with Gasteiger partial charge < -0.3 is 4.42 Å². The van der Waals surface area contributed by atoms with Crippen LogP contribution >= 0.6 is 0 Å². The van der Waals surface area contributed by atoms with Crippen LogP contribution in [0.15, 0.2) is 150 Å². The highest BCUT2D eigenvalue weighted by molar-refractivity contribution is 6.25. The van der Waals surface area contributed by atoms with E-state index in [1.807, 2.05) is 84.9 Å². The Hall–Kier alpha value is -5.14. The summed E-state index contributed by atoms with van der Waals surface area (Å²) in [6, 6.07) is 34.0. The summed E-state index contributed by atoms with van der Waals surface area (Å²) < 4.78 is 60.5. The van der Waals surface area contributed by atoms with E-state index >= 15 is 0 Å². The minimum atomic E-state index is -0.302. The van der Waals surface area contributed by atoms with E-state index < -0.39 is 0 Å². The molecule has 0 bridgehead atoms. The van der Waals surface area contributed by atoms with Crippen LogP contribution in [-0.4, -0.2) is 0 Å². The summed E-state index contributed by atoms with van der Waals surface area (Å²) >= 11 is 0. The first-order valence-electron chi connectivity index (χ1n) is 15.9. The quantitative estimate of drug-likeness (QED) is 0.219. The zero-order chi connectivity index (χ0) is 31.0. The Kier molecular flexibility index (Phi) is 3.72. The zero-order valence-corrected chi connectivity index (χ0v) is 20.8. The molecule has 8 rings (SSSR count). The molecule has 1 nitrogen and oxygen atoms in total. The Labute approximate surface area is 235 Å². The van der Waals surface area contributed by atoms with Crippen LogP contribution in [0.1, 0.15) is 8.22 Å². The Morgan fingerprint density at radius 2 is 1.00 bits per heavy atom. The lowest BCUT2D eigenvalue weighted by Crippen LogP contribution is -1.91. The van der Waals surface area contributed by atoms with Gasteiger partial charge in [-0.2, -0.15) is 0 Å². The number of furan rings is 1. The van der Waals surface area contributed by atoms with E-state index in [0.29, 0.717) is 22.1 Å². The van der Waals surface area contributed by atoms with Gasteiger partial charge in [-0.05, 0) is 73.1 Å². The molecule has 0 saturated carbocycles. The van der Waals surface area contributed by atoms with Gasteiger partial charge in [-0.15, -0.1) is 0 Å². The third kappa shape index (κ3) is 3.41. The Bertz CT molecular complexity index is 2430. The highest BCUT2D eigenvalue weighted by atomic mass is 16.3. The van der Waals surface area contributed by atoms with Gasteiger partial charge in [-0.25, -0.2) is 0 Å². The van der Waals surface area contributed by atoms with Crippen molar-refractivity contribution in [1.29, 1.82) is 0 Å². The topological polar surface area (TPSA) is 13.1 Å². The van der Waals surface area contributed by atoms with Crippen LogP contribution in [0, 0.1) is 0 Å². The highest BCUT2D eigenvalue weighted by Gasteiger charge is 2.20. The van der Waals surface area contributed by atoms with E-state index in [9.17, 15) is 2.74 Å². The van der Waals surface area contributed by atoms with Crippen molar-refractivity contribution in [2.45, 2.75) is 0 Å². The highest BCUT2D eigenvalue weighted by Crippen LogP contribution is 2.46. The van der Waals surface area contributed by atoms with Gasteiger partial charge in [0.05, 0.1) is 8.22 Å². The first-order chi connectivity index (χ1) is 21.9. The third-order valence-corrected chi connectivity index (χ3v) is 7.38. The SMILES string of the molecule is [2H]c1c([2H])c(-c2c3ccccc3c(-c3ccccc3)c3ccccc23)c2c(oc3c([2H])c(-c4ccccc4)c([2H])c([2H])c32)c1[2H]. The molecule has 0 spiro atoms. The molecular weight excluding hydrogens is 472 g/mol. The molecule has 0 aliphatic rings. The number of hydrogen-bond acceptors (Lipinski definition) is 1. The van der Waals surface area contributed by atoms with E-state index in [-0.39, 0.29) is 58.4 Å². The lowest BCUT2D eigenvalue weighted by molar-refractivity contribution is 0.669. The van der Waals surface area contributed by atoms with Gasteiger partial charge in [0.15, 0.2) is 0 Å². The van der Waals surface area contributed by atoms with Crippen LogP contribution in [-0.2, 0) is 0 Å². The van der Waals surface area contributed by atoms with Gasteiger partial charge in [0.2, 0.25) is 0 Å². The van der Waals surface area contributed by atoms with E-state index in [1.54, 1.807) is 12.1 Å².